The van der Waals surface area contributed by atoms with Gasteiger partial charge in [-0.1, -0.05) is 41.5 Å². The minimum Gasteiger partial charge on any atom is -0.456 e. The molecule has 2 unspecified atom stereocenters. The van der Waals surface area contributed by atoms with Gasteiger partial charge in [-0.2, -0.15) is 0 Å². The molecule has 0 N–H and O–H groups in total. The molecule has 0 bridgehead atoms. The summed E-state index contributed by atoms with van der Waals surface area (Å²) >= 11 is 0. The molecule has 3 nitrogen and oxygen atoms in total. The molecule has 18 heavy (non-hydrogen) atoms. The normalized spacial score (nSPS) is 26.4. The van der Waals surface area contributed by atoms with Crippen LogP contribution in [0.25, 0.3) is 0 Å². The molecule has 1 saturated heterocycles. The first-order chi connectivity index (χ1) is 8.22. The van der Waals surface area contributed by atoms with Gasteiger partial charge in [-0.25, -0.2) is 0 Å². The molecule has 0 spiro atoms. The predicted octanol–water partition coefficient (Wildman–Crippen LogP) is 3.42. The summed E-state index contributed by atoms with van der Waals surface area (Å²) < 4.78 is 11.2. The van der Waals surface area contributed by atoms with Crippen LogP contribution in [0.5, 0.6) is 0 Å². The van der Waals surface area contributed by atoms with Crippen LogP contribution in [0.15, 0.2) is 0 Å². The summed E-state index contributed by atoms with van der Waals surface area (Å²) in [6.45, 7) is 13.8. The van der Waals surface area contributed by atoms with E-state index >= 15 is 0 Å². The van der Waals surface area contributed by atoms with Crippen molar-refractivity contribution in [1.29, 1.82) is 0 Å². The third-order valence-corrected chi connectivity index (χ3v) is 3.88. The van der Waals surface area contributed by atoms with E-state index in [4.69, 9.17) is 9.47 Å². The first kappa shape index (κ1) is 15.5. The Labute approximate surface area is 111 Å². The molecule has 3 heteroatoms. The summed E-state index contributed by atoms with van der Waals surface area (Å²) in [6, 6.07) is 0. The Morgan fingerprint density at radius 3 is 2.33 bits per heavy atom. The van der Waals surface area contributed by atoms with Gasteiger partial charge >= 0.3 is 5.97 Å². The molecule has 0 aromatic carbocycles. The number of esters is 1. The second-order valence-electron chi connectivity index (χ2n) is 6.85. The van der Waals surface area contributed by atoms with Gasteiger partial charge in [0.25, 0.3) is 0 Å². The molecule has 1 heterocycles. The van der Waals surface area contributed by atoms with Crippen LogP contribution in [0.4, 0.5) is 0 Å². The third kappa shape index (κ3) is 3.47. The summed E-state index contributed by atoms with van der Waals surface area (Å²) in [5.41, 5.74) is -0.449. The summed E-state index contributed by atoms with van der Waals surface area (Å²) in [6.07, 6.45) is 1.65. The van der Waals surface area contributed by atoms with Gasteiger partial charge in [-0.05, 0) is 17.8 Å². The van der Waals surface area contributed by atoms with E-state index in [1.807, 2.05) is 0 Å². The molecule has 0 aromatic heterocycles. The van der Waals surface area contributed by atoms with E-state index in [0.717, 1.165) is 12.8 Å². The number of hydrogen-bond donors (Lipinski definition) is 0. The van der Waals surface area contributed by atoms with Crippen molar-refractivity contribution in [1.82, 2.24) is 0 Å². The first-order valence-electron chi connectivity index (χ1n) is 7.02. The second kappa shape index (κ2) is 5.60. The Morgan fingerprint density at radius 2 is 2.00 bits per heavy atom. The summed E-state index contributed by atoms with van der Waals surface area (Å²) in [4.78, 5) is 12.5. The molecular formula is C15H28O3. The lowest BCUT2D eigenvalue weighted by atomic mass is 9.74. The van der Waals surface area contributed by atoms with E-state index in [2.05, 4.69) is 41.5 Å². The number of hydrogen-bond acceptors (Lipinski definition) is 3. The highest BCUT2D eigenvalue weighted by Crippen LogP contribution is 2.36. The zero-order chi connectivity index (χ0) is 14.0. The number of carbonyl (C=O) groups is 1. The SMILES string of the molecule is CCC1(OC(=O)C(C(C)C)C(C)(C)C)CCOC1. The van der Waals surface area contributed by atoms with Crippen LogP contribution in [0.1, 0.15) is 54.4 Å². The van der Waals surface area contributed by atoms with Crippen LogP contribution < -0.4 is 0 Å². The molecule has 1 fully saturated rings. The van der Waals surface area contributed by atoms with E-state index < -0.39 is 0 Å². The minimum atomic E-state index is -0.379. The fourth-order valence-electron chi connectivity index (χ4n) is 2.92. The Bertz CT molecular complexity index is 283. The van der Waals surface area contributed by atoms with Gasteiger partial charge in [0.1, 0.15) is 5.60 Å². The zero-order valence-corrected chi connectivity index (χ0v) is 12.7. The maximum atomic E-state index is 12.5. The van der Waals surface area contributed by atoms with Gasteiger partial charge in [-0.3, -0.25) is 4.79 Å². The predicted molar refractivity (Wildman–Crippen MR) is 72.3 cm³/mol. The van der Waals surface area contributed by atoms with Crippen LogP contribution >= 0.6 is 0 Å². The van der Waals surface area contributed by atoms with Crippen molar-refractivity contribution >= 4 is 5.97 Å². The van der Waals surface area contributed by atoms with Gasteiger partial charge in [0.2, 0.25) is 0 Å². The first-order valence-corrected chi connectivity index (χ1v) is 7.02. The standard InChI is InChI=1S/C15H28O3/c1-7-15(8-9-17-10-15)18-13(16)12(11(2)3)14(4,5)6/h11-12H,7-10H2,1-6H3. The number of carbonyl (C=O) groups excluding carboxylic acids is 1. The van der Waals surface area contributed by atoms with Crippen molar-refractivity contribution in [3.63, 3.8) is 0 Å². The largest absolute Gasteiger partial charge is 0.456 e. The fourth-order valence-corrected chi connectivity index (χ4v) is 2.92. The lowest BCUT2D eigenvalue weighted by Crippen LogP contribution is -2.42. The molecule has 0 saturated carbocycles. The van der Waals surface area contributed by atoms with E-state index in [9.17, 15) is 4.79 Å². The maximum absolute atomic E-state index is 12.5. The average Bonchev–Trinajstić information content (AvgIpc) is 2.63. The summed E-state index contributed by atoms with van der Waals surface area (Å²) in [7, 11) is 0. The van der Waals surface area contributed by atoms with Gasteiger partial charge < -0.3 is 9.47 Å². The molecule has 0 amide bonds. The van der Waals surface area contributed by atoms with Crippen LogP contribution in [-0.4, -0.2) is 24.8 Å². The molecular weight excluding hydrogens is 228 g/mol. The molecule has 1 aliphatic heterocycles. The van der Waals surface area contributed by atoms with Crippen molar-refractivity contribution in [2.45, 2.75) is 60.0 Å². The van der Waals surface area contributed by atoms with Gasteiger partial charge in [-0.15, -0.1) is 0 Å². The molecule has 2 atom stereocenters. The van der Waals surface area contributed by atoms with Crippen LogP contribution in [-0.2, 0) is 14.3 Å². The van der Waals surface area contributed by atoms with Crippen molar-refractivity contribution < 1.29 is 14.3 Å². The van der Waals surface area contributed by atoms with Crippen LogP contribution in [0, 0.1) is 17.3 Å². The zero-order valence-electron chi connectivity index (χ0n) is 12.7. The van der Waals surface area contributed by atoms with Gasteiger partial charge in [0.05, 0.1) is 19.1 Å². The highest BCUT2D eigenvalue weighted by molar-refractivity contribution is 5.74. The Morgan fingerprint density at radius 1 is 1.39 bits per heavy atom. The van der Waals surface area contributed by atoms with Crippen molar-refractivity contribution in [2.24, 2.45) is 17.3 Å². The smallest absolute Gasteiger partial charge is 0.310 e. The lowest BCUT2D eigenvalue weighted by molar-refractivity contribution is -0.171. The minimum absolute atomic E-state index is 0.0650. The average molecular weight is 256 g/mol. The topological polar surface area (TPSA) is 35.5 Å². The second-order valence-corrected chi connectivity index (χ2v) is 6.85. The Kier molecular flexibility index (Phi) is 4.82. The molecule has 0 aromatic rings. The summed E-state index contributed by atoms with van der Waals surface area (Å²) in [5, 5.41) is 0. The number of ether oxygens (including phenoxy) is 2. The third-order valence-electron chi connectivity index (χ3n) is 3.88. The fraction of sp³-hybridized carbons (Fsp3) is 0.933. The van der Waals surface area contributed by atoms with E-state index in [1.54, 1.807) is 0 Å². The van der Waals surface area contributed by atoms with Crippen molar-refractivity contribution in [3.8, 4) is 0 Å². The maximum Gasteiger partial charge on any atom is 0.310 e. The van der Waals surface area contributed by atoms with Crippen molar-refractivity contribution in [3.05, 3.63) is 0 Å². The molecule has 106 valence electrons. The Hall–Kier alpha value is -0.570. The van der Waals surface area contributed by atoms with Crippen LogP contribution in [0.3, 0.4) is 0 Å². The number of rotatable bonds is 4. The molecule has 1 aliphatic rings. The highest BCUT2D eigenvalue weighted by Gasteiger charge is 2.42. The van der Waals surface area contributed by atoms with Gasteiger partial charge in [0.15, 0.2) is 0 Å². The van der Waals surface area contributed by atoms with Gasteiger partial charge in [0, 0.05) is 6.42 Å². The molecule has 0 aliphatic carbocycles. The molecule has 1 rings (SSSR count). The quantitative estimate of drug-likeness (QED) is 0.723. The highest BCUT2D eigenvalue weighted by atomic mass is 16.6. The monoisotopic (exact) mass is 256 g/mol. The lowest BCUT2D eigenvalue weighted by Gasteiger charge is -2.35. The molecule has 0 radical (unpaired) electrons. The van der Waals surface area contributed by atoms with Crippen molar-refractivity contribution in [2.75, 3.05) is 13.2 Å². The Balaban J connectivity index is 2.79. The summed E-state index contributed by atoms with van der Waals surface area (Å²) in [5.74, 6) is 0.153. The van der Waals surface area contributed by atoms with E-state index in [0.29, 0.717) is 13.2 Å². The van der Waals surface area contributed by atoms with E-state index in [-0.39, 0.29) is 28.8 Å². The van der Waals surface area contributed by atoms with Crippen LogP contribution in [0.2, 0.25) is 0 Å². The van der Waals surface area contributed by atoms with E-state index in [1.165, 1.54) is 0 Å².